The summed E-state index contributed by atoms with van der Waals surface area (Å²) in [6.07, 6.45) is 9.19. The van der Waals surface area contributed by atoms with Gasteiger partial charge in [0.1, 0.15) is 12.6 Å². The Bertz CT molecular complexity index is 355. The number of ether oxygens (including phenoxy) is 2. The zero-order chi connectivity index (χ0) is 17.6. The lowest BCUT2D eigenvalue weighted by atomic mass is 10.1. The highest BCUT2D eigenvalue weighted by molar-refractivity contribution is 5.81. The Morgan fingerprint density at radius 3 is 2.33 bits per heavy atom. The highest BCUT2D eigenvalue weighted by Crippen LogP contribution is 2.15. The van der Waals surface area contributed by atoms with Crippen molar-refractivity contribution in [2.75, 3.05) is 32.9 Å². The number of unbranched alkanes of at least 4 members (excludes halogenated alkanes) is 5. The van der Waals surface area contributed by atoms with Gasteiger partial charge in [0, 0.05) is 6.61 Å². The van der Waals surface area contributed by atoms with Gasteiger partial charge in [-0.15, -0.1) is 0 Å². The summed E-state index contributed by atoms with van der Waals surface area (Å²) in [6.45, 7) is 4.95. The maximum Gasteiger partial charge on any atom is 0.321 e. The molecule has 1 heterocycles. The Kier molecular flexibility index (Phi) is 11.5. The average molecular weight is 343 g/mol. The summed E-state index contributed by atoms with van der Waals surface area (Å²) in [5.41, 5.74) is 0. The van der Waals surface area contributed by atoms with Crippen molar-refractivity contribution in [3.63, 3.8) is 0 Å². The maximum absolute atomic E-state index is 11.8. The van der Waals surface area contributed by atoms with E-state index in [0.717, 1.165) is 32.4 Å². The number of likely N-dealkylation sites (tertiary alicyclic amines) is 1. The van der Waals surface area contributed by atoms with Crippen LogP contribution in [0.3, 0.4) is 0 Å². The molecule has 0 aromatic carbocycles. The Morgan fingerprint density at radius 2 is 1.67 bits per heavy atom. The first-order chi connectivity index (χ1) is 11.6. The molecule has 1 aliphatic rings. The maximum atomic E-state index is 11.8. The van der Waals surface area contributed by atoms with Crippen LogP contribution in [0.5, 0.6) is 0 Å². The number of carbonyl (C=O) groups is 2. The van der Waals surface area contributed by atoms with Crippen LogP contribution in [0.1, 0.15) is 64.7 Å². The number of rotatable bonds is 14. The van der Waals surface area contributed by atoms with Gasteiger partial charge < -0.3 is 14.6 Å². The largest absolute Gasteiger partial charge is 0.480 e. The Morgan fingerprint density at radius 1 is 1.00 bits per heavy atom. The van der Waals surface area contributed by atoms with Crippen molar-refractivity contribution in [2.24, 2.45) is 0 Å². The monoisotopic (exact) mass is 343 g/mol. The zero-order valence-electron chi connectivity index (χ0n) is 15.0. The van der Waals surface area contributed by atoms with Gasteiger partial charge >= 0.3 is 11.9 Å². The topological polar surface area (TPSA) is 76.1 Å². The third kappa shape index (κ3) is 9.23. The van der Waals surface area contributed by atoms with E-state index in [9.17, 15) is 14.7 Å². The molecule has 6 heteroatoms. The zero-order valence-corrected chi connectivity index (χ0v) is 15.0. The molecule has 1 rings (SSSR count). The van der Waals surface area contributed by atoms with Crippen molar-refractivity contribution < 1.29 is 24.2 Å². The van der Waals surface area contributed by atoms with E-state index in [4.69, 9.17) is 9.47 Å². The number of hydrogen-bond donors (Lipinski definition) is 1. The fraction of sp³-hybridized carbons (Fsp3) is 0.889. The van der Waals surface area contributed by atoms with Gasteiger partial charge in [0.05, 0.1) is 13.0 Å². The first-order valence-corrected chi connectivity index (χ1v) is 9.35. The van der Waals surface area contributed by atoms with E-state index in [2.05, 4.69) is 6.92 Å². The predicted molar refractivity (Wildman–Crippen MR) is 92.0 cm³/mol. The first kappa shape index (κ1) is 20.9. The van der Waals surface area contributed by atoms with E-state index in [1.54, 1.807) is 0 Å². The van der Waals surface area contributed by atoms with E-state index in [0.29, 0.717) is 13.2 Å². The summed E-state index contributed by atoms with van der Waals surface area (Å²) >= 11 is 0. The second-order valence-electron chi connectivity index (χ2n) is 6.40. The summed E-state index contributed by atoms with van der Waals surface area (Å²) in [5, 5.41) is 9.25. The predicted octanol–water partition coefficient (Wildman–Crippen LogP) is 2.85. The smallest absolute Gasteiger partial charge is 0.321 e. The number of carboxylic acids is 1. The molecule has 1 unspecified atom stereocenters. The summed E-state index contributed by atoms with van der Waals surface area (Å²) in [5.74, 6) is -1.41. The molecule has 0 aliphatic carbocycles. The van der Waals surface area contributed by atoms with Gasteiger partial charge in [0.2, 0.25) is 0 Å². The van der Waals surface area contributed by atoms with Crippen LogP contribution in [0.25, 0.3) is 0 Å². The van der Waals surface area contributed by atoms with Gasteiger partial charge in [-0.3, -0.25) is 14.5 Å². The number of carboxylic acid groups (broad SMARTS) is 1. The van der Waals surface area contributed by atoms with Gasteiger partial charge in [-0.05, 0) is 32.4 Å². The van der Waals surface area contributed by atoms with Crippen molar-refractivity contribution >= 4 is 11.9 Å². The minimum Gasteiger partial charge on any atom is -0.480 e. The van der Waals surface area contributed by atoms with Crippen LogP contribution >= 0.6 is 0 Å². The molecule has 1 N–H and O–H groups in total. The van der Waals surface area contributed by atoms with Crippen molar-refractivity contribution in [2.45, 2.75) is 70.8 Å². The molecule has 24 heavy (non-hydrogen) atoms. The van der Waals surface area contributed by atoms with Gasteiger partial charge in [0.25, 0.3) is 0 Å². The Labute approximate surface area is 145 Å². The number of carbonyl (C=O) groups excluding carboxylic acids is 1. The van der Waals surface area contributed by atoms with Gasteiger partial charge in [-0.1, -0.05) is 39.0 Å². The fourth-order valence-electron chi connectivity index (χ4n) is 2.94. The van der Waals surface area contributed by atoms with Crippen molar-refractivity contribution in [1.82, 2.24) is 4.90 Å². The van der Waals surface area contributed by atoms with Gasteiger partial charge in [-0.25, -0.2) is 0 Å². The SMILES string of the molecule is CCCCCCCCOCCOC(=O)CC(C(=O)O)N1CCCC1. The molecule has 1 saturated heterocycles. The lowest BCUT2D eigenvalue weighted by Crippen LogP contribution is -2.41. The summed E-state index contributed by atoms with van der Waals surface area (Å²) in [7, 11) is 0. The molecular weight excluding hydrogens is 310 g/mol. The molecule has 0 saturated carbocycles. The van der Waals surface area contributed by atoms with Crippen LogP contribution in [0.15, 0.2) is 0 Å². The van der Waals surface area contributed by atoms with Crippen LogP contribution in [0.4, 0.5) is 0 Å². The van der Waals surface area contributed by atoms with Crippen LogP contribution in [-0.4, -0.2) is 60.9 Å². The molecule has 0 amide bonds. The normalized spacial score (nSPS) is 16.2. The van der Waals surface area contributed by atoms with Crippen LogP contribution < -0.4 is 0 Å². The first-order valence-electron chi connectivity index (χ1n) is 9.35. The van der Waals surface area contributed by atoms with E-state index in [-0.39, 0.29) is 13.0 Å². The second-order valence-corrected chi connectivity index (χ2v) is 6.40. The Hall–Kier alpha value is -1.14. The standard InChI is InChI=1S/C18H33NO5/c1-2-3-4-5-6-9-12-23-13-14-24-17(20)15-16(18(21)22)19-10-7-8-11-19/h16H,2-15H2,1H3,(H,21,22). The highest BCUT2D eigenvalue weighted by atomic mass is 16.6. The molecular formula is C18H33NO5. The van der Waals surface area contributed by atoms with E-state index >= 15 is 0 Å². The molecule has 1 aliphatic heterocycles. The minimum absolute atomic E-state index is 0.0905. The third-order valence-electron chi connectivity index (χ3n) is 4.36. The number of nitrogens with zero attached hydrogens (tertiary/aromatic N) is 1. The Balaban J connectivity index is 2.01. The van der Waals surface area contributed by atoms with E-state index in [1.807, 2.05) is 4.90 Å². The number of hydrogen-bond acceptors (Lipinski definition) is 5. The molecule has 140 valence electrons. The highest BCUT2D eigenvalue weighted by Gasteiger charge is 2.30. The van der Waals surface area contributed by atoms with Crippen LogP contribution in [0.2, 0.25) is 0 Å². The van der Waals surface area contributed by atoms with Crippen molar-refractivity contribution in [1.29, 1.82) is 0 Å². The lowest BCUT2D eigenvalue weighted by molar-refractivity contribution is -0.153. The van der Waals surface area contributed by atoms with E-state index < -0.39 is 18.0 Å². The average Bonchev–Trinajstić information content (AvgIpc) is 3.08. The van der Waals surface area contributed by atoms with E-state index in [1.165, 1.54) is 32.1 Å². The van der Waals surface area contributed by atoms with Crippen LogP contribution in [0, 0.1) is 0 Å². The number of esters is 1. The summed E-state index contributed by atoms with van der Waals surface area (Å²) in [6, 6.07) is -0.760. The molecule has 0 bridgehead atoms. The van der Waals surface area contributed by atoms with Crippen LogP contribution in [-0.2, 0) is 19.1 Å². The quantitative estimate of drug-likeness (QED) is 0.386. The second kappa shape index (κ2) is 13.2. The molecule has 0 radical (unpaired) electrons. The van der Waals surface area contributed by atoms with Crippen molar-refractivity contribution in [3.8, 4) is 0 Å². The molecule has 1 fully saturated rings. The molecule has 6 nitrogen and oxygen atoms in total. The summed E-state index contributed by atoms with van der Waals surface area (Å²) < 4.78 is 10.5. The lowest BCUT2D eigenvalue weighted by Gasteiger charge is -2.22. The van der Waals surface area contributed by atoms with Gasteiger partial charge in [0.15, 0.2) is 0 Å². The number of aliphatic carboxylic acids is 1. The molecule has 1 atom stereocenters. The van der Waals surface area contributed by atoms with Gasteiger partial charge in [-0.2, -0.15) is 0 Å². The fourth-order valence-corrected chi connectivity index (χ4v) is 2.94. The third-order valence-corrected chi connectivity index (χ3v) is 4.36. The summed E-state index contributed by atoms with van der Waals surface area (Å²) in [4.78, 5) is 24.9. The molecule has 0 aromatic rings. The van der Waals surface area contributed by atoms with Crippen molar-refractivity contribution in [3.05, 3.63) is 0 Å². The minimum atomic E-state index is -0.951. The molecule has 0 aromatic heterocycles. The molecule has 0 spiro atoms.